The lowest BCUT2D eigenvalue weighted by Gasteiger charge is -2.33. The summed E-state index contributed by atoms with van der Waals surface area (Å²) < 4.78 is 1.26. The van der Waals surface area contributed by atoms with Gasteiger partial charge in [0.1, 0.15) is 0 Å². The van der Waals surface area contributed by atoms with Crippen molar-refractivity contribution in [1.29, 1.82) is 0 Å². The Morgan fingerprint density at radius 2 is 1.71 bits per heavy atom. The third kappa shape index (κ3) is 4.11. The predicted molar refractivity (Wildman–Crippen MR) is 66.6 cm³/mol. The lowest BCUT2D eigenvalue weighted by molar-refractivity contribution is -0.830. The van der Waals surface area contributed by atoms with Crippen molar-refractivity contribution in [2.75, 3.05) is 26.2 Å². The smallest absolute Gasteiger partial charge is 0.197 e. The van der Waals surface area contributed by atoms with Crippen molar-refractivity contribution < 1.29 is 14.4 Å². The average Bonchev–Trinajstić information content (AvgIpc) is 2.61. The molecule has 0 aromatic heterocycles. The van der Waals surface area contributed by atoms with Crippen LogP contribution in [0.25, 0.3) is 0 Å². The van der Waals surface area contributed by atoms with Gasteiger partial charge in [0.15, 0.2) is 5.84 Å². The van der Waals surface area contributed by atoms with Gasteiger partial charge in [-0.2, -0.15) is 0 Å². The number of aliphatic carboxylic acids is 1. The lowest BCUT2D eigenvalue weighted by Crippen LogP contribution is -2.50. The maximum Gasteiger partial charge on any atom is 0.197 e. The van der Waals surface area contributed by atoms with Gasteiger partial charge in [-0.1, -0.05) is 6.92 Å². The van der Waals surface area contributed by atoms with Crippen LogP contribution in [0.1, 0.15) is 46.0 Å². The Kier molecular flexibility index (Phi) is 5.62. The number of carbonyl (C=O) groups is 1. The zero-order valence-corrected chi connectivity index (χ0v) is 11.1. The fourth-order valence-electron chi connectivity index (χ4n) is 2.88. The molecule has 0 amide bonds. The summed E-state index contributed by atoms with van der Waals surface area (Å²) in [7, 11) is 0. The van der Waals surface area contributed by atoms with Crippen molar-refractivity contribution in [3.05, 3.63) is 0 Å². The normalized spacial score (nSPS) is 22.4. The van der Waals surface area contributed by atoms with E-state index in [1.807, 2.05) is 0 Å². The number of carbonyl (C=O) groups excluding carboxylic acids is 1. The van der Waals surface area contributed by atoms with Gasteiger partial charge in [-0.25, -0.2) is 4.99 Å². The first-order valence-electron chi connectivity index (χ1n) is 6.68. The largest absolute Gasteiger partial charge is 0.550 e. The van der Waals surface area contributed by atoms with Crippen LogP contribution in [0.15, 0.2) is 4.99 Å². The number of rotatable bonds is 1. The first-order chi connectivity index (χ1) is 8.10. The Morgan fingerprint density at radius 1 is 1.24 bits per heavy atom. The van der Waals surface area contributed by atoms with E-state index >= 15 is 0 Å². The van der Waals surface area contributed by atoms with Crippen LogP contribution in [0.2, 0.25) is 0 Å². The molecule has 1 saturated heterocycles. The van der Waals surface area contributed by atoms with Crippen LogP contribution in [0.3, 0.4) is 0 Å². The van der Waals surface area contributed by atoms with Crippen LogP contribution in [0, 0.1) is 0 Å². The van der Waals surface area contributed by atoms with Crippen molar-refractivity contribution in [2.24, 2.45) is 4.99 Å². The minimum atomic E-state index is -1.08. The zero-order valence-electron chi connectivity index (χ0n) is 11.1. The third-order valence-corrected chi connectivity index (χ3v) is 3.57. The van der Waals surface area contributed by atoms with Gasteiger partial charge < -0.3 is 9.90 Å². The van der Waals surface area contributed by atoms with Gasteiger partial charge in [0, 0.05) is 31.8 Å². The van der Waals surface area contributed by atoms with Crippen LogP contribution in [0.5, 0.6) is 0 Å². The van der Waals surface area contributed by atoms with Crippen LogP contribution < -0.4 is 5.11 Å². The highest BCUT2D eigenvalue weighted by molar-refractivity contribution is 5.75. The number of aliphatic imine (C=N–C) groups is 1. The number of hydrogen-bond donors (Lipinski definition) is 0. The molecule has 2 aliphatic heterocycles. The molecule has 1 fully saturated rings. The molecule has 2 rings (SSSR count). The Bertz CT molecular complexity index is 277. The molecule has 0 bridgehead atoms. The van der Waals surface area contributed by atoms with Gasteiger partial charge in [-0.05, 0) is 19.8 Å². The summed E-state index contributed by atoms with van der Waals surface area (Å²) in [6.07, 6.45) is 6.69. The zero-order chi connectivity index (χ0) is 12.7. The van der Waals surface area contributed by atoms with Gasteiger partial charge in [0.2, 0.25) is 0 Å². The molecule has 0 aromatic rings. The van der Waals surface area contributed by atoms with Crippen LogP contribution in [-0.2, 0) is 4.79 Å². The Balaban J connectivity index is 0.000000317. The van der Waals surface area contributed by atoms with E-state index in [1.54, 1.807) is 0 Å². The second-order valence-corrected chi connectivity index (χ2v) is 4.87. The molecule has 2 heterocycles. The maximum absolute atomic E-state index is 8.89. The van der Waals surface area contributed by atoms with Crippen molar-refractivity contribution in [3.8, 4) is 0 Å². The molecule has 1 spiro atoms. The molecular formula is C13H24N2O2. The molecular weight excluding hydrogens is 216 g/mol. The number of carboxylic acids is 1. The highest BCUT2D eigenvalue weighted by Crippen LogP contribution is 2.25. The SMILES string of the molecule is CC(=O)[O-].CCC1=NCCCC[N+]12CCCC2. The first-order valence-corrected chi connectivity index (χ1v) is 6.68. The molecule has 0 aliphatic carbocycles. The molecule has 0 aromatic carbocycles. The van der Waals surface area contributed by atoms with E-state index in [0.717, 1.165) is 13.5 Å². The summed E-state index contributed by atoms with van der Waals surface area (Å²) in [5.74, 6) is 0.412. The van der Waals surface area contributed by atoms with Gasteiger partial charge in [0.25, 0.3) is 0 Å². The summed E-state index contributed by atoms with van der Waals surface area (Å²) in [6, 6.07) is 0. The molecule has 0 unspecified atom stereocenters. The van der Waals surface area contributed by atoms with Gasteiger partial charge >= 0.3 is 0 Å². The second-order valence-electron chi connectivity index (χ2n) is 4.87. The number of carboxylic acid groups (broad SMARTS) is 1. The van der Waals surface area contributed by atoms with Crippen molar-refractivity contribution in [3.63, 3.8) is 0 Å². The van der Waals surface area contributed by atoms with Gasteiger partial charge in [0.05, 0.1) is 19.6 Å². The monoisotopic (exact) mass is 240 g/mol. The van der Waals surface area contributed by atoms with E-state index < -0.39 is 5.97 Å². The molecule has 4 nitrogen and oxygen atoms in total. The highest BCUT2D eigenvalue weighted by Gasteiger charge is 2.37. The molecule has 0 N–H and O–H groups in total. The lowest BCUT2D eigenvalue weighted by atomic mass is 10.2. The summed E-state index contributed by atoms with van der Waals surface area (Å²) in [5, 5.41) is 8.89. The molecule has 0 radical (unpaired) electrons. The van der Waals surface area contributed by atoms with Crippen molar-refractivity contribution in [1.82, 2.24) is 0 Å². The number of quaternary nitrogens is 1. The van der Waals surface area contributed by atoms with E-state index in [2.05, 4.69) is 6.92 Å². The van der Waals surface area contributed by atoms with Crippen molar-refractivity contribution >= 4 is 11.8 Å². The Hall–Kier alpha value is -0.900. The fourth-order valence-corrected chi connectivity index (χ4v) is 2.88. The summed E-state index contributed by atoms with van der Waals surface area (Å²) in [6.45, 7) is 8.43. The predicted octanol–water partition coefficient (Wildman–Crippen LogP) is 0.955. The molecule has 4 heteroatoms. The van der Waals surface area contributed by atoms with E-state index in [4.69, 9.17) is 14.9 Å². The van der Waals surface area contributed by atoms with Gasteiger partial charge in [-0.15, -0.1) is 0 Å². The molecule has 0 atom stereocenters. The maximum atomic E-state index is 8.89. The minimum absolute atomic E-state index is 0.972. The summed E-state index contributed by atoms with van der Waals surface area (Å²) in [4.78, 5) is 13.7. The van der Waals surface area contributed by atoms with E-state index in [9.17, 15) is 0 Å². The van der Waals surface area contributed by atoms with Crippen molar-refractivity contribution in [2.45, 2.75) is 46.0 Å². The number of amidine groups is 1. The van der Waals surface area contributed by atoms with Crippen LogP contribution in [0.4, 0.5) is 0 Å². The first kappa shape index (κ1) is 14.2. The topological polar surface area (TPSA) is 52.5 Å². The molecule has 17 heavy (non-hydrogen) atoms. The minimum Gasteiger partial charge on any atom is -0.550 e. The molecule has 98 valence electrons. The summed E-state index contributed by atoms with van der Waals surface area (Å²) >= 11 is 0. The number of nitrogens with zero attached hydrogens (tertiary/aromatic N) is 2. The quantitative estimate of drug-likeness (QED) is 0.641. The van der Waals surface area contributed by atoms with Crippen LogP contribution in [-0.4, -0.2) is 42.5 Å². The highest BCUT2D eigenvalue weighted by atomic mass is 16.4. The number of hydrogen-bond acceptors (Lipinski definition) is 3. The fraction of sp³-hybridized carbons (Fsp3) is 0.846. The third-order valence-electron chi connectivity index (χ3n) is 3.57. The second kappa shape index (κ2) is 6.74. The standard InChI is InChI=1S/C11H21N2.C2H4O2/c1-2-11-12-7-3-4-8-13(11)9-5-6-10-13;1-2(3)4/h2-10H2,1H3;1H3,(H,3,4)/q+1;/p-1. The molecule has 0 saturated carbocycles. The van der Waals surface area contributed by atoms with E-state index in [1.165, 1.54) is 62.1 Å². The Labute approximate surface area is 104 Å². The average molecular weight is 240 g/mol. The Morgan fingerprint density at radius 3 is 2.18 bits per heavy atom. The van der Waals surface area contributed by atoms with E-state index in [0.29, 0.717) is 0 Å². The van der Waals surface area contributed by atoms with Gasteiger partial charge in [-0.3, -0.25) is 4.48 Å². The van der Waals surface area contributed by atoms with E-state index in [-0.39, 0.29) is 0 Å². The van der Waals surface area contributed by atoms with Crippen LogP contribution >= 0.6 is 0 Å². The summed E-state index contributed by atoms with van der Waals surface area (Å²) in [5.41, 5.74) is 0. The molecule has 2 aliphatic rings.